The lowest BCUT2D eigenvalue weighted by Gasteiger charge is -2.42. The Kier molecular flexibility index (Phi) is 7.65. The van der Waals surface area contributed by atoms with Gasteiger partial charge >= 0.3 is 0 Å². The molecule has 7 aromatic carbocycles. The summed E-state index contributed by atoms with van der Waals surface area (Å²) in [6, 6.07) is 49.8. The van der Waals surface area contributed by atoms with Gasteiger partial charge in [0.25, 0.3) is 0 Å². The molecule has 0 radical (unpaired) electrons. The molecule has 1 aliphatic rings. The van der Waals surface area contributed by atoms with Gasteiger partial charge in [-0.1, -0.05) is 176 Å². The SMILES string of the molecule is Cc1ccccc1-c1c2cccc3c2cc2c(cccc12)[Si](C)(C)[Si](C)(C)c1cccc2c(-c4ccccn4)c4cccc(c4cc12)[Si](C)(C)[Si]3(C)C. The van der Waals surface area contributed by atoms with E-state index in [0.29, 0.717) is 0 Å². The Morgan fingerprint density at radius 1 is 0.358 bits per heavy atom. The average Bonchev–Trinajstić information content (AvgIpc) is 3.15. The summed E-state index contributed by atoms with van der Waals surface area (Å²) in [5.41, 5.74) is 6.47. The molecular weight excluding hydrogens is 703 g/mol. The first-order valence-electron chi connectivity index (χ1n) is 19.2. The lowest BCUT2D eigenvalue weighted by Crippen LogP contribution is -2.70. The Labute approximate surface area is 318 Å². The van der Waals surface area contributed by atoms with Crippen LogP contribution in [0.3, 0.4) is 0 Å². The summed E-state index contributed by atoms with van der Waals surface area (Å²) >= 11 is 0. The van der Waals surface area contributed by atoms with Crippen LogP contribution in [0.25, 0.3) is 65.5 Å². The largest absolute Gasteiger partial charge is 0.256 e. The number of nitrogens with zero attached hydrogens (tertiary/aromatic N) is 1. The van der Waals surface area contributed by atoms with E-state index < -0.39 is 30.4 Å². The molecule has 0 unspecified atom stereocenters. The molecule has 53 heavy (non-hydrogen) atoms. The first-order valence-corrected chi connectivity index (χ1v) is 33.2. The summed E-state index contributed by atoms with van der Waals surface area (Å²) in [4.78, 5) is 5.03. The van der Waals surface area contributed by atoms with Crippen LogP contribution in [-0.2, 0) is 0 Å². The summed E-state index contributed by atoms with van der Waals surface area (Å²) in [5, 5.41) is 17.7. The molecule has 8 aromatic rings. The molecule has 1 aromatic heterocycles. The molecule has 0 saturated heterocycles. The molecule has 0 aliphatic carbocycles. The third kappa shape index (κ3) is 4.73. The molecule has 0 spiro atoms. The van der Waals surface area contributed by atoms with Gasteiger partial charge in [0.1, 0.15) is 0 Å². The molecule has 2 heterocycles. The number of aromatic nitrogens is 1. The van der Waals surface area contributed by atoms with Crippen molar-refractivity contribution in [1.82, 2.24) is 4.98 Å². The zero-order valence-corrected chi connectivity index (χ0v) is 36.6. The third-order valence-corrected chi connectivity index (χ3v) is 49.6. The Balaban J connectivity index is 1.53. The Morgan fingerprint density at radius 3 is 1.11 bits per heavy atom. The van der Waals surface area contributed by atoms with Crippen LogP contribution in [0.1, 0.15) is 5.56 Å². The standard InChI is InChI=1S/C48H49NSi4/c1-32-18-10-11-19-33(32)47-34-20-14-25-43-38(34)30-39-35(47)21-15-26-44(39)51(4,5)53(8,9)46-28-17-23-37-41(46)31-40-36(48(37)42-24-12-13-29-49-42)22-16-27-45(40)52(6,7)50(43,2)3/h10-31H,1-9H3. The summed E-state index contributed by atoms with van der Waals surface area (Å²) in [5.74, 6) is 0. The highest BCUT2D eigenvalue weighted by Crippen LogP contribution is 2.41. The van der Waals surface area contributed by atoms with Gasteiger partial charge < -0.3 is 0 Å². The van der Waals surface area contributed by atoms with Crippen molar-refractivity contribution in [1.29, 1.82) is 0 Å². The molecule has 262 valence electrons. The number of hydrogen-bond donors (Lipinski definition) is 0. The van der Waals surface area contributed by atoms with Crippen molar-refractivity contribution in [3.05, 3.63) is 139 Å². The first-order chi connectivity index (χ1) is 25.3. The van der Waals surface area contributed by atoms with Crippen molar-refractivity contribution >= 4 is 94.2 Å². The highest BCUT2D eigenvalue weighted by atomic mass is 29.3. The van der Waals surface area contributed by atoms with Crippen LogP contribution < -0.4 is 20.7 Å². The second kappa shape index (κ2) is 11.8. The number of aryl methyl sites for hydroxylation is 1. The number of rotatable bonds is 2. The maximum Gasteiger partial charge on any atom is 0.0799 e. The number of benzene rings is 7. The van der Waals surface area contributed by atoms with Crippen LogP contribution in [0.5, 0.6) is 0 Å². The molecule has 0 fully saturated rings. The monoisotopic (exact) mass is 751 g/mol. The predicted octanol–water partition coefficient (Wildman–Crippen LogP) is 10.9. The van der Waals surface area contributed by atoms with E-state index in [1.165, 1.54) is 65.3 Å². The van der Waals surface area contributed by atoms with E-state index in [9.17, 15) is 0 Å². The second-order valence-electron chi connectivity index (χ2n) is 17.6. The molecule has 9 rings (SSSR count). The Bertz CT molecular complexity index is 2650. The lowest BCUT2D eigenvalue weighted by molar-refractivity contribution is 1.34. The van der Waals surface area contributed by atoms with E-state index >= 15 is 0 Å². The van der Waals surface area contributed by atoms with Crippen LogP contribution in [0.15, 0.2) is 134 Å². The van der Waals surface area contributed by atoms with Crippen molar-refractivity contribution in [2.45, 2.75) is 59.3 Å². The maximum absolute atomic E-state index is 5.03. The van der Waals surface area contributed by atoms with Gasteiger partial charge in [0.15, 0.2) is 0 Å². The minimum Gasteiger partial charge on any atom is -0.256 e. The molecule has 4 bridgehead atoms. The summed E-state index contributed by atoms with van der Waals surface area (Å²) in [7, 11) is -8.61. The molecule has 0 amide bonds. The van der Waals surface area contributed by atoms with Crippen LogP contribution in [0.4, 0.5) is 0 Å². The fraction of sp³-hybridized carbons (Fsp3) is 0.188. The first kappa shape index (κ1) is 34.4. The zero-order valence-electron chi connectivity index (χ0n) is 32.6. The van der Waals surface area contributed by atoms with Gasteiger partial charge in [-0.05, 0) is 91.0 Å². The zero-order chi connectivity index (χ0) is 37.1. The lowest BCUT2D eigenvalue weighted by atomic mass is 9.90. The quantitative estimate of drug-likeness (QED) is 0.127. The van der Waals surface area contributed by atoms with Gasteiger partial charge in [0, 0.05) is 11.8 Å². The van der Waals surface area contributed by atoms with Gasteiger partial charge in [0.2, 0.25) is 0 Å². The summed E-state index contributed by atoms with van der Waals surface area (Å²) in [6.45, 7) is 23.7. The Hall–Kier alpha value is -4.40. The van der Waals surface area contributed by atoms with Gasteiger partial charge in [-0.15, -0.1) is 0 Å². The molecule has 5 heteroatoms. The molecule has 0 N–H and O–H groups in total. The highest BCUT2D eigenvalue weighted by molar-refractivity contribution is 7.51. The summed E-state index contributed by atoms with van der Waals surface area (Å²) < 4.78 is 0. The van der Waals surface area contributed by atoms with Crippen LogP contribution in [-0.4, -0.2) is 35.3 Å². The molecular formula is C48H49NSi4. The van der Waals surface area contributed by atoms with Crippen molar-refractivity contribution in [3.8, 4) is 22.4 Å². The Morgan fingerprint density at radius 2 is 0.736 bits per heavy atom. The van der Waals surface area contributed by atoms with E-state index in [0.717, 1.165) is 5.69 Å². The van der Waals surface area contributed by atoms with Crippen molar-refractivity contribution < 1.29 is 0 Å². The topological polar surface area (TPSA) is 12.9 Å². The number of pyridine rings is 1. The van der Waals surface area contributed by atoms with E-state index in [2.05, 4.69) is 181 Å². The molecule has 1 nitrogen and oxygen atoms in total. The van der Waals surface area contributed by atoms with Crippen LogP contribution in [0.2, 0.25) is 52.4 Å². The van der Waals surface area contributed by atoms with Crippen molar-refractivity contribution in [3.63, 3.8) is 0 Å². The highest BCUT2D eigenvalue weighted by Gasteiger charge is 2.48. The second-order valence-corrected chi connectivity index (χ2v) is 47.8. The van der Waals surface area contributed by atoms with Crippen LogP contribution in [0, 0.1) is 6.92 Å². The summed E-state index contributed by atoms with van der Waals surface area (Å²) in [6.07, 6.45) is 1.96. The van der Waals surface area contributed by atoms with E-state index in [4.69, 9.17) is 4.98 Å². The van der Waals surface area contributed by atoms with Crippen molar-refractivity contribution in [2.24, 2.45) is 0 Å². The smallest absolute Gasteiger partial charge is 0.0799 e. The fourth-order valence-electron chi connectivity index (χ4n) is 9.79. The van der Waals surface area contributed by atoms with Gasteiger partial charge in [-0.3, -0.25) is 4.98 Å². The van der Waals surface area contributed by atoms with E-state index in [1.54, 1.807) is 20.7 Å². The van der Waals surface area contributed by atoms with Gasteiger partial charge in [-0.25, -0.2) is 0 Å². The fourth-order valence-corrected chi connectivity index (χ4v) is 28.8. The molecule has 1 aliphatic heterocycles. The van der Waals surface area contributed by atoms with E-state index in [1.807, 2.05) is 12.3 Å². The van der Waals surface area contributed by atoms with Gasteiger partial charge in [-0.2, -0.15) is 0 Å². The third-order valence-electron chi connectivity index (χ3n) is 14.2. The normalized spacial score (nSPS) is 17.0. The number of hydrogen-bond acceptors (Lipinski definition) is 1. The minimum atomic E-state index is -2.15. The van der Waals surface area contributed by atoms with Crippen molar-refractivity contribution in [2.75, 3.05) is 0 Å². The van der Waals surface area contributed by atoms with Crippen LogP contribution >= 0.6 is 0 Å². The average molecular weight is 752 g/mol. The minimum absolute atomic E-state index is 1.07. The molecule has 0 atom stereocenters. The molecule has 0 saturated carbocycles. The maximum atomic E-state index is 5.03. The van der Waals surface area contributed by atoms with E-state index in [-0.39, 0.29) is 0 Å². The van der Waals surface area contributed by atoms with Gasteiger partial charge in [0.05, 0.1) is 36.1 Å². The predicted molar refractivity (Wildman–Crippen MR) is 245 cm³/mol.